The Bertz CT molecular complexity index is 542. The second-order valence-electron chi connectivity index (χ2n) is 4.87. The van der Waals surface area contributed by atoms with Crippen molar-refractivity contribution in [1.82, 2.24) is 0 Å². The Morgan fingerprint density at radius 3 is 2.65 bits per heavy atom. The van der Waals surface area contributed by atoms with Crippen LogP contribution in [0.5, 0.6) is 0 Å². The third-order valence-electron chi connectivity index (χ3n) is 3.19. The van der Waals surface area contributed by atoms with Gasteiger partial charge in [0, 0.05) is 5.75 Å². The van der Waals surface area contributed by atoms with Gasteiger partial charge in [0.15, 0.2) is 5.17 Å². The Kier molecular flexibility index (Phi) is 4.00. The van der Waals surface area contributed by atoms with Gasteiger partial charge in [-0.05, 0) is 31.5 Å². The molecule has 2 nitrogen and oxygen atoms in total. The van der Waals surface area contributed by atoms with Crippen LogP contribution in [0.1, 0.15) is 25.8 Å². The second-order valence-corrected chi connectivity index (χ2v) is 5.84. The van der Waals surface area contributed by atoms with Crippen LogP contribution in [0.15, 0.2) is 23.2 Å². The average molecular weight is 306 g/mol. The van der Waals surface area contributed by atoms with Gasteiger partial charge in [0.2, 0.25) is 0 Å². The van der Waals surface area contributed by atoms with Gasteiger partial charge in [0.05, 0.1) is 16.8 Å². The molecule has 0 saturated carbocycles. The molecule has 1 aromatic carbocycles. The number of hydrogen-bond acceptors (Lipinski definition) is 3. The van der Waals surface area contributed by atoms with Crippen molar-refractivity contribution in [1.29, 1.82) is 0 Å². The van der Waals surface area contributed by atoms with E-state index in [1.54, 1.807) is 0 Å². The van der Waals surface area contributed by atoms with E-state index in [0.717, 1.165) is 30.4 Å². The number of benzene rings is 1. The predicted octanol–water partition coefficient (Wildman–Crippen LogP) is 4.53. The Labute approximate surface area is 118 Å². The van der Waals surface area contributed by atoms with Crippen LogP contribution in [0.2, 0.25) is 0 Å². The third kappa shape index (κ3) is 3.26. The number of thioether (sulfide) groups is 1. The molecular weight excluding hydrogens is 292 g/mol. The Morgan fingerprint density at radius 1 is 1.40 bits per heavy atom. The molecule has 1 atom stereocenters. The standard InChI is InChI=1S/C13H14F4N2S/c1-3-12(2)7-20-11(19-12)18-10-6-8(13(15,16)17)4-5-9(10)14/h4-6H,3,7H2,1-2H3,(H,18,19). The van der Waals surface area contributed by atoms with Gasteiger partial charge in [-0.1, -0.05) is 18.7 Å². The number of rotatable bonds is 2. The maximum absolute atomic E-state index is 13.6. The number of hydrogen-bond donors (Lipinski definition) is 1. The summed E-state index contributed by atoms with van der Waals surface area (Å²) in [6.45, 7) is 3.94. The summed E-state index contributed by atoms with van der Waals surface area (Å²) in [5.74, 6) is -0.00160. The van der Waals surface area contributed by atoms with Gasteiger partial charge in [0.1, 0.15) is 5.82 Å². The summed E-state index contributed by atoms with van der Waals surface area (Å²) in [4.78, 5) is 4.39. The summed E-state index contributed by atoms with van der Waals surface area (Å²) in [7, 11) is 0. The molecule has 1 unspecified atom stereocenters. The van der Waals surface area contributed by atoms with Crippen molar-refractivity contribution in [2.24, 2.45) is 4.99 Å². The number of alkyl halides is 3. The Balaban J connectivity index is 2.24. The molecule has 2 rings (SSSR count). The molecule has 0 aliphatic carbocycles. The van der Waals surface area contributed by atoms with Crippen LogP contribution >= 0.6 is 11.8 Å². The maximum Gasteiger partial charge on any atom is 0.416 e. The summed E-state index contributed by atoms with van der Waals surface area (Å²) in [6, 6.07) is 2.30. The van der Waals surface area contributed by atoms with E-state index in [0.29, 0.717) is 5.17 Å². The molecule has 0 spiro atoms. The zero-order valence-electron chi connectivity index (χ0n) is 11.0. The fraction of sp³-hybridized carbons (Fsp3) is 0.462. The van der Waals surface area contributed by atoms with Gasteiger partial charge in [-0.2, -0.15) is 13.2 Å². The van der Waals surface area contributed by atoms with Crippen LogP contribution in [-0.2, 0) is 6.18 Å². The molecule has 7 heteroatoms. The molecule has 1 N–H and O–H groups in total. The number of aliphatic imine (C=N–C) groups is 1. The molecule has 0 saturated heterocycles. The van der Waals surface area contributed by atoms with Gasteiger partial charge < -0.3 is 5.32 Å². The van der Waals surface area contributed by atoms with Gasteiger partial charge in [-0.25, -0.2) is 4.39 Å². The van der Waals surface area contributed by atoms with Crippen LogP contribution < -0.4 is 5.32 Å². The molecule has 0 fully saturated rings. The maximum atomic E-state index is 13.6. The van der Waals surface area contributed by atoms with Crippen LogP contribution in [0.3, 0.4) is 0 Å². The lowest BCUT2D eigenvalue weighted by molar-refractivity contribution is -0.137. The van der Waals surface area contributed by atoms with Crippen molar-refractivity contribution in [3.8, 4) is 0 Å². The van der Waals surface area contributed by atoms with E-state index >= 15 is 0 Å². The van der Waals surface area contributed by atoms with E-state index in [1.807, 2.05) is 13.8 Å². The molecule has 1 aliphatic rings. The molecule has 0 aromatic heterocycles. The average Bonchev–Trinajstić information content (AvgIpc) is 2.73. The summed E-state index contributed by atoms with van der Waals surface area (Å²) in [6.07, 6.45) is -3.68. The van der Waals surface area contributed by atoms with Crippen LogP contribution in [-0.4, -0.2) is 16.5 Å². The first kappa shape index (κ1) is 15.2. The largest absolute Gasteiger partial charge is 0.416 e. The van der Waals surface area contributed by atoms with E-state index in [9.17, 15) is 17.6 Å². The highest BCUT2D eigenvalue weighted by molar-refractivity contribution is 8.14. The molecule has 20 heavy (non-hydrogen) atoms. The lowest BCUT2D eigenvalue weighted by Gasteiger charge is -2.15. The topological polar surface area (TPSA) is 24.4 Å². The number of amidine groups is 1. The number of halogens is 4. The molecule has 110 valence electrons. The van der Waals surface area contributed by atoms with Gasteiger partial charge in [0.25, 0.3) is 0 Å². The van der Waals surface area contributed by atoms with Gasteiger partial charge >= 0.3 is 6.18 Å². The SMILES string of the molecule is CCC1(C)CSC(Nc2cc(C(F)(F)F)ccc2F)=N1. The molecule has 1 heterocycles. The molecule has 1 aromatic rings. The third-order valence-corrected chi connectivity index (χ3v) is 4.42. The van der Waals surface area contributed by atoms with Crippen molar-refractivity contribution in [2.45, 2.75) is 32.0 Å². The first-order chi connectivity index (χ1) is 9.23. The van der Waals surface area contributed by atoms with Crippen molar-refractivity contribution in [3.05, 3.63) is 29.6 Å². The van der Waals surface area contributed by atoms with Crippen LogP contribution in [0.25, 0.3) is 0 Å². The summed E-state index contributed by atoms with van der Waals surface area (Å²) in [5, 5.41) is 3.10. The van der Waals surface area contributed by atoms with Gasteiger partial charge in [-0.15, -0.1) is 0 Å². The first-order valence-corrected chi connectivity index (χ1v) is 7.08. The molecule has 1 aliphatic heterocycles. The predicted molar refractivity (Wildman–Crippen MR) is 73.6 cm³/mol. The summed E-state index contributed by atoms with van der Waals surface area (Å²) < 4.78 is 51.4. The number of nitrogens with zero attached hydrogens (tertiary/aromatic N) is 1. The lowest BCUT2D eigenvalue weighted by Crippen LogP contribution is -2.20. The van der Waals surface area contributed by atoms with Crippen LogP contribution in [0.4, 0.5) is 23.2 Å². The Morgan fingerprint density at radius 2 is 2.10 bits per heavy atom. The smallest absolute Gasteiger partial charge is 0.333 e. The molecular formula is C13H14F4N2S. The molecule has 0 amide bonds. The van der Waals surface area contributed by atoms with Crippen molar-refractivity contribution in [3.63, 3.8) is 0 Å². The highest BCUT2D eigenvalue weighted by atomic mass is 32.2. The minimum atomic E-state index is -4.49. The van der Waals surface area contributed by atoms with Crippen molar-refractivity contribution in [2.75, 3.05) is 11.1 Å². The summed E-state index contributed by atoms with van der Waals surface area (Å²) >= 11 is 1.38. The van der Waals surface area contributed by atoms with E-state index in [-0.39, 0.29) is 11.2 Å². The van der Waals surface area contributed by atoms with E-state index in [4.69, 9.17) is 0 Å². The quantitative estimate of drug-likeness (QED) is 0.812. The Hall–Kier alpha value is -1.24. The summed E-state index contributed by atoms with van der Waals surface area (Å²) in [5.41, 5.74) is -1.33. The minimum absolute atomic E-state index is 0.202. The van der Waals surface area contributed by atoms with Crippen molar-refractivity contribution >= 4 is 22.6 Å². The zero-order chi connectivity index (χ0) is 15.0. The minimum Gasteiger partial charge on any atom is -0.333 e. The fourth-order valence-corrected chi connectivity index (χ4v) is 2.87. The molecule has 0 bridgehead atoms. The monoisotopic (exact) mass is 306 g/mol. The molecule has 0 radical (unpaired) electrons. The second kappa shape index (κ2) is 5.27. The highest BCUT2D eigenvalue weighted by Gasteiger charge is 2.32. The van der Waals surface area contributed by atoms with E-state index in [2.05, 4.69) is 10.3 Å². The lowest BCUT2D eigenvalue weighted by atomic mass is 10.0. The number of anilines is 1. The number of nitrogens with one attached hydrogen (secondary N) is 1. The van der Waals surface area contributed by atoms with E-state index < -0.39 is 17.6 Å². The van der Waals surface area contributed by atoms with Crippen LogP contribution in [0, 0.1) is 5.82 Å². The fourth-order valence-electron chi connectivity index (χ4n) is 1.69. The highest BCUT2D eigenvalue weighted by Crippen LogP contribution is 2.34. The zero-order valence-corrected chi connectivity index (χ0v) is 11.8. The van der Waals surface area contributed by atoms with E-state index in [1.165, 1.54) is 11.8 Å². The van der Waals surface area contributed by atoms with Crippen molar-refractivity contribution < 1.29 is 17.6 Å². The normalized spacial score (nSPS) is 22.8. The van der Waals surface area contributed by atoms with Gasteiger partial charge in [-0.3, -0.25) is 4.99 Å². The first-order valence-electron chi connectivity index (χ1n) is 6.10.